The van der Waals surface area contributed by atoms with Crippen LogP contribution in [0, 0.1) is 0 Å². The lowest BCUT2D eigenvalue weighted by Crippen LogP contribution is -2.60. The number of carbonyl (C=O) groups excluding carboxylic acids is 1. The molecule has 0 fully saturated rings. The van der Waals surface area contributed by atoms with Gasteiger partial charge in [-0.1, -0.05) is 112 Å². The highest BCUT2D eigenvalue weighted by Gasteiger charge is 2.43. The van der Waals surface area contributed by atoms with E-state index >= 15 is 0 Å². The summed E-state index contributed by atoms with van der Waals surface area (Å²) in [5.74, 6) is 0.416. The highest BCUT2D eigenvalue weighted by molar-refractivity contribution is 5.78. The predicted molar refractivity (Wildman–Crippen MR) is 135 cm³/mol. The molecule has 0 saturated heterocycles. The van der Waals surface area contributed by atoms with Crippen LogP contribution in [0.3, 0.4) is 0 Å². The van der Waals surface area contributed by atoms with E-state index < -0.39 is 0 Å². The van der Waals surface area contributed by atoms with Gasteiger partial charge in [0.1, 0.15) is 0 Å². The number of nitrogens with zero attached hydrogens (tertiary/aromatic N) is 1. The first-order valence-corrected chi connectivity index (χ1v) is 13.7. The third-order valence-corrected chi connectivity index (χ3v) is 7.48. The molecule has 180 valence electrons. The summed E-state index contributed by atoms with van der Waals surface area (Å²) >= 11 is 0. The lowest BCUT2D eigenvalue weighted by molar-refractivity contribution is -0.148. The van der Waals surface area contributed by atoms with Crippen molar-refractivity contribution in [1.29, 1.82) is 0 Å². The van der Waals surface area contributed by atoms with E-state index in [-0.39, 0.29) is 11.1 Å². The van der Waals surface area contributed by atoms with Gasteiger partial charge in [-0.05, 0) is 46.0 Å². The van der Waals surface area contributed by atoms with E-state index in [1.807, 2.05) is 0 Å². The second kappa shape index (κ2) is 17.1. The Morgan fingerprint density at radius 2 is 0.933 bits per heavy atom. The van der Waals surface area contributed by atoms with Crippen molar-refractivity contribution in [2.75, 3.05) is 0 Å². The maximum Gasteiger partial charge on any atom is 0.223 e. The molecule has 0 aromatic heterocycles. The van der Waals surface area contributed by atoms with Crippen LogP contribution in [0.15, 0.2) is 0 Å². The fraction of sp³-hybridized carbons (Fsp3) is 0.964. The zero-order valence-electron chi connectivity index (χ0n) is 22.1. The van der Waals surface area contributed by atoms with Crippen molar-refractivity contribution in [3.8, 4) is 0 Å². The fourth-order valence-corrected chi connectivity index (χ4v) is 4.96. The molecular formula is C28H57NO. The van der Waals surface area contributed by atoms with Gasteiger partial charge in [0.15, 0.2) is 0 Å². The zero-order chi connectivity index (χ0) is 22.9. The van der Waals surface area contributed by atoms with Gasteiger partial charge in [0, 0.05) is 17.5 Å². The first kappa shape index (κ1) is 29.5. The molecule has 0 rings (SSSR count). The largest absolute Gasteiger partial charge is 0.332 e. The van der Waals surface area contributed by atoms with Crippen molar-refractivity contribution < 1.29 is 4.79 Å². The van der Waals surface area contributed by atoms with Crippen molar-refractivity contribution in [3.63, 3.8) is 0 Å². The second-order valence-corrected chi connectivity index (χ2v) is 10.2. The molecule has 0 N–H and O–H groups in total. The van der Waals surface area contributed by atoms with E-state index in [1.165, 1.54) is 77.0 Å². The first-order valence-electron chi connectivity index (χ1n) is 13.7. The molecule has 0 radical (unpaired) electrons. The lowest BCUT2D eigenvalue weighted by Gasteiger charge is -2.52. The molecule has 2 unspecified atom stereocenters. The number of unbranched alkanes of at least 4 members (excludes halogenated alkanes) is 10. The molecule has 0 saturated carbocycles. The number of amides is 1. The number of hydrogen-bond donors (Lipinski definition) is 0. The van der Waals surface area contributed by atoms with Gasteiger partial charge < -0.3 is 4.90 Å². The van der Waals surface area contributed by atoms with Crippen molar-refractivity contribution >= 4 is 5.91 Å². The van der Waals surface area contributed by atoms with Crippen LogP contribution in [0.25, 0.3) is 0 Å². The maximum absolute atomic E-state index is 13.6. The Morgan fingerprint density at radius 3 is 1.30 bits per heavy atom. The third kappa shape index (κ3) is 10.7. The molecule has 0 aromatic carbocycles. The highest BCUT2D eigenvalue weighted by Crippen LogP contribution is 2.38. The van der Waals surface area contributed by atoms with Crippen molar-refractivity contribution in [2.45, 2.75) is 175 Å². The molecule has 0 heterocycles. The molecule has 0 aliphatic heterocycles. The van der Waals surface area contributed by atoms with Gasteiger partial charge in [-0.2, -0.15) is 0 Å². The first-order chi connectivity index (χ1) is 14.3. The van der Waals surface area contributed by atoms with Crippen LogP contribution in [0.2, 0.25) is 0 Å². The molecule has 0 aliphatic carbocycles. The van der Waals surface area contributed by atoms with E-state index in [0.717, 1.165) is 38.5 Å². The molecule has 0 aromatic rings. The molecule has 2 atom stereocenters. The Kier molecular flexibility index (Phi) is 16.8. The maximum atomic E-state index is 13.6. The topological polar surface area (TPSA) is 20.3 Å². The van der Waals surface area contributed by atoms with Crippen LogP contribution in [0.4, 0.5) is 0 Å². The van der Waals surface area contributed by atoms with Crippen LogP contribution in [0.5, 0.6) is 0 Å². The average molecular weight is 424 g/mol. The van der Waals surface area contributed by atoms with Crippen molar-refractivity contribution in [1.82, 2.24) is 4.90 Å². The van der Waals surface area contributed by atoms with Crippen molar-refractivity contribution in [2.24, 2.45) is 0 Å². The van der Waals surface area contributed by atoms with Crippen LogP contribution in [-0.2, 0) is 4.79 Å². The van der Waals surface area contributed by atoms with E-state index in [0.29, 0.717) is 5.91 Å². The van der Waals surface area contributed by atoms with Crippen LogP contribution >= 0.6 is 0 Å². The quantitative estimate of drug-likeness (QED) is 0.178. The van der Waals surface area contributed by atoms with Gasteiger partial charge in [0.25, 0.3) is 0 Å². The summed E-state index contributed by atoms with van der Waals surface area (Å²) in [6.45, 7) is 16.1. The standard InChI is InChI=1S/C28H57NO/c1-8-13-16-17-18-19-20-21-22-23-26(30)29(27(6,11-4)24-14-9-2)28(7,12-5)25-15-10-3/h8-25H2,1-7H3. The molecular weight excluding hydrogens is 366 g/mol. The smallest absolute Gasteiger partial charge is 0.223 e. The third-order valence-electron chi connectivity index (χ3n) is 7.48. The normalized spacial score (nSPS) is 15.6. The Hall–Kier alpha value is -0.530. The van der Waals surface area contributed by atoms with E-state index in [2.05, 4.69) is 53.4 Å². The fourth-order valence-electron chi connectivity index (χ4n) is 4.96. The number of carbonyl (C=O) groups is 1. The minimum absolute atomic E-state index is 0.00906. The number of rotatable bonds is 20. The Balaban J connectivity index is 4.95. The van der Waals surface area contributed by atoms with Gasteiger partial charge in [-0.25, -0.2) is 0 Å². The van der Waals surface area contributed by atoms with E-state index in [4.69, 9.17) is 0 Å². The zero-order valence-corrected chi connectivity index (χ0v) is 22.1. The molecule has 0 bridgehead atoms. The van der Waals surface area contributed by atoms with Gasteiger partial charge in [0.05, 0.1) is 0 Å². The summed E-state index contributed by atoms with van der Waals surface area (Å²) in [7, 11) is 0. The van der Waals surface area contributed by atoms with Gasteiger partial charge in [-0.15, -0.1) is 0 Å². The monoisotopic (exact) mass is 423 g/mol. The molecule has 0 aliphatic rings. The number of hydrogen-bond acceptors (Lipinski definition) is 1. The summed E-state index contributed by atoms with van der Waals surface area (Å²) in [5, 5.41) is 0. The summed E-state index contributed by atoms with van der Waals surface area (Å²) in [6, 6.07) is 0. The lowest BCUT2D eigenvalue weighted by atomic mass is 9.80. The van der Waals surface area contributed by atoms with Crippen molar-refractivity contribution in [3.05, 3.63) is 0 Å². The SMILES string of the molecule is CCCCCCCCCCCC(=O)N(C(C)(CC)CCCC)C(C)(CC)CCCC. The minimum Gasteiger partial charge on any atom is -0.332 e. The predicted octanol–water partition coefficient (Wildman–Crippen LogP) is 9.45. The molecule has 0 spiro atoms. The molecule has 1 amide bonds. The van der Waals surface area contributed by atoms with Gasteiger partial charge in [0.2, 0.25) is 5.91 Å². The van der Waals surface area contributed by atoms with Crippen LogP contribution < -0.4 is 0 Å². The summed E-state index contributed by atoms with van der Waals surface area (Å²) in [6.07, 6.45) is 21.7. The Morgan fingerprint density at radius 1 is 0.567 bits per heavy atom. The van der Waals surface area contributed by atoms with Crippen LogP contribution in [-0.4, -0.2) is 21.9 Å². The van der Waals surface area contributed by atoms with E-state index in [9.17, 15) is 4.79 Å². The molecule has 30 heavy (non-hydrogen) atoms. The van der Waals surface area contributed by atoms with Crippen LogP contribution in [0.1, 0.15) is 164 Å². The summed E-state index contributed by atoms with van der Waals surface area (Å²) < 4.78 is 0. The summed E-state index contributed by atoms with van der Waals surface area (Å²) in [4.78, 5) is 16.0. The van der Waals surface area contributed by atoms with E-state index in [1.54, 1.807) is 0 Å². The second-order valence-electron chi connectivity index (χ2n) is 10.2. The highest BCUT2D eigenvalue weighted by atomic mass is 16.2. The Bertz CT molecular complexity index is 399. The minimum atomic E-state index is -0.00906. The van der Waals surface area contributed by atoms with Gasteiger partial charge >= 0.3 is 0 Å². The van der Waals surface area contributed by atoms with Gasteiger partial charge in [-0.3, -0.25) is 4.79 Å². The molecule has 2 nitrogen and oxygen atoms in total. The molecule has 2 heteroatoms. The Labute approximate surface area is 191 Å². The average Bonchev–Trinajstić information content (AvgIpc) is 2.75. The summed E-state index contributed by atoms with van der Waals surface area (Å²) in [5.41, 5.74) is -0.0181.